The second kappa shape index (κ2) is 3.16. The highest BCUT2D eigenvalue weighted by Crippen LogP contribution is 2.13. The molecule has 0 N–H and O–H groups in total. The zero-order valence-electron chi connectivity index (χ0n) is 6.84. The maximum absolute atomic E-state index is 4.44. The first-order chi connectivity index (χ1) is 5.45. The maximum Gasteiger partial charge on any atom is 0.0392 e. The fraction of sp³-hybridized carbons (Fsp3) is 0.778. The largest absolute Gasteiger partial charge is 0.294 e. The summed E-state index contributed by atoms with van der Waals surface area (Å²) in [5.41, 5.74) is 2.79. The van der Waals surface area contributed by atoms with Crippen molar-refractivity contribution in [3.63, 3.8) is 0 Å². The zero-order valence-corrected chi connectivity index (χ0v) is 6.84. The summed E-state index contributed by atoms with van der Waals surface area (Å²) < 4.78 is 0. The third-order valence-electron chi connectivity index (χ3n) is 2.33. The maximum atomic E-state index is 4.44. The molecule has 0 atom stereocenters. The normalized spacial score (nSPS) is 23.6. The molecule has 0 aromatic carbocycles. The SMILES string of the molecule is C1CN=C(CC2=NCCC2)C1. The third kappa shape index (κ3) is 1.67. The van der Waals surface area contributed by atoms with Gasteiger partial charge in [0, 0.05) is 30.9 Å². The van der Waals surface area contributed by atoms with Gasteiger partial charge in [-0.15, -0.1) is 0 Å². The van der Waals surface area contributed by atoms with Gasteiger partial charge >= 0.3 is 0 Å². The summed E-state index contributed by atoms with van der Waals surface area (Å²) in [6.45, 7) is 2.12. The summed E-state index contributed by atoms with van der Waals surface area (Å²) >= 11 is 0. The molecular weight excluding hydrogens is 136 g/mol. The number of hydrogen-bond donors (Lipinski definition) is 0. The van der Waals surface area contributed by atoms with Gasteiger partial charge in [0.2, 0.25) is 0 Å². The zero-order chi connectivity index (χ0) is 7.52. The van der Waals surface area contributed by atoms with Crippen LogP contribution in [0.25, 0.3) is 0 Å². The predicted octanol–water partition coefficient (Wildman–Crippen LogP) is 1.85. The van der Waals surface area contributed by atoms with Gasteiger partial charge in [-0.05, 0) is 25.7 Å². The Morgan fingerprint density at radius 1 is 0.909 bits per heavy atom. The highest BCUT2D eigenvalue weighted by atomic mass is 14.8. The summed E-state index contributed by atoms with van der Waals surface area (Å²) in [4.78, 5) is 8.87. The van der Waals surface area contributed by atoms with E-state index >= 15 is 0 Å². The van der Waals surface area contributed by atoms with E-state index in [0.29, 0.717) is 0 Å². The standard InChI is InChI=1S/C9H14N2/c1-3-8(10-5-1)7-9-4-2-6-11-9/h1-7H2. The molecule has 2 nitrogen and oxygen atoms in total. The average molecular weight is 150 g/mol. The van der Waals surface area contributed by atoms with E-state index < -0.39 is 0 Å². The Bertz CT molecular complexity index is 182. The van der Waals surface area contributed by atoms with Gasteiger partial charge in [0.15, 0.2) is 0 Å². The van der Waals surface area contributed by atoms with E-state index in [1.165, 1.54) is 37.1 Å². The van der Waals surface area contributed by atoms with Crippen LogP contribution in [0, 0.1) is 0 Å². The molecule has 0 bridgehead atoms. The second-order valence-corrected chi connectivity index (χ2v) is 3.28. The van der Waals surface area contributed by atoms with E-state index in [4.69, 9.17) is 0 Å². The van der Waals surface area contributed by atoms with Crippen molar-refractivity contribution in [1.29, 1.82) is 0 Å². The van der Waals surface area contributed by atoms with E-state index in [1.54, 1.807) is 0 Å². The quantitative estimate of drug-likeness (QED) is 0.574. The topological polar surface area (TPSA) is 24.7 Å². The van der Waals surface area contributed by atoms with Gasteiger partial charge in [-0.25, -0.2) is 0 Å². The third-order valence-corrected chi connectivity index (χ3v) is 2.33. The van der Waals surface area contributed by atoms with E-state index in [2.05, 4.69) is 9.98 Å². The molecule has 0 amide bonds. The summed E-state index contributed by atoms with van der Waals surface area (Å²) in [6, 6.07) is 0. The number of rotatable bonds is 2. The van der Waals surface area contributed by atoms with Gasteiger partial charge in [-0.2, -0.15) is 0 Å². The molecule has 0 radical (unpaired) electrons. The van der Waals surface area contributed by atoms with Crippen LogP contribution in [0.15, 0.2) is 9.98 Å². The molecule has 11 heavy (non-hydrogen) atoms. The second-order valence-electron chi connectivity index (χ2n) is 3.28. The van der Waals surface area contributed by atoms with Crippen molar-refractivity contribution >= 4 is 11.4 Å². The minimum Gasteiger partial charge on any atom is -0.294 e. The summed E-state index contributed by atoms with van der Waals surface area (Å²) in [7, 11) is 0. The van der Waals surface area contributed by atoms with Crippen molar-refractivity contribution in [2.45, 2.75) is 32.1 Å². The van der Waals surface area contributed by atoms with Gasteiger partial charge in [0.25, 0.3) is 0 Å². The summed E-state index contributed by atoms with van der Waals surface area (Å²) in [5.74, 6) is 0. The first-order valence-electron chi connectivity index (χ1n) is 4.49. The van der Waals surface area contributed by atoms with Crippen molar-refractivity contribution in [1.82, 2.24) is 0 Å². The molecule has 0 aromatic rings. The van der Waals surface area contributed by atoms with Crippen LogP contribution in [0.4, 0.5) is 0 Å². The lowest BCUT2D eigenvalue weighted by Gasteiger charge is -1.97. The van der Waals surface area contributed by atoms with Crippen molar-refractivity contribution in [3.8, 4) is 0 Å². The molecule has 2 heterocycles. The minimum absolute atomic E-state index is 1.06. The van der Waals surface area contributed by atoms with Crippen LogP contribution in [-0.4, -0.2) is 24.5 Å². The predicted molar refractivity (Wildman–Crippen MR) is 47.7 cm³/mol. The van der Waals surface area contributed by atoms with Crippen molar-refractivity contribution in [2.24, 2.45) is 9.98 Å². The smallest absolute Gasteiger partial charge is 0.0392 e. The Morgan fingerprint density at radius 3 is 1.82 bits per heavy atom. The number of hydrogen-bond acceptors (Lipinski definition) is 2. The van der Waals surface area contributed by atoms with Crippen LogP contribution in [0.2, 0.25) is 0 Å². The molecule has 0 fully saturated rings. The highest BCUT2D eigenvalue weighted by Gasteiger charge is 2.12. The Kier molecular flexibility index (Phi) is 2.01. The lowest BCUT2D eigenvalue weighted by atomic mass is 10.1. The molecule has 0 saturated carbocycles. The molecule has 2 aliphatic heterocycles. The van der Waals surface area contributed by atoms with E-state index in [1.807, 2.05) is 0 Å². The monoisotopic (exact) mass is 150 g/mol. The lowest BCUT2D eigenvalue weighted by Crippen LogP contribution is -2.02. The van der Waals surface area contributed by atoms with Crippen LogP contribution in [0.1, 0.15) is 32.1 Å². The van der Waals surface area contributed by atoms with Crippen molar-refractivity contribution in [2.75, 3.05) is 13.1 Å². The Balaban J connectivity index is 1.89. The van der Waals surface area contributed by atoms with Gasteiger partial charge in [-0.3, -0.25) is 9.98 Å². The first kappa shape index (κ1) is 7.01. The minimum atomic E-state index is 1.06. The Labute approximate surface area is 67.4 Å². The van der Waals surface area contributed by atoms with Gasteiger partial charge in [0.1, 0.15) is 0 Å². The molecule has 2 aliphatic rings. The van der Waals surface area contributed by atoms with Gasteiger partial charge < -0.3 is 0 Å². The molecule has 0 aromatic heterocycles. The van der Waals surface area contributed by atoms with Crippen LogP contribution < -0.4 is 0 Å². The van der Waals surface area contributed by atoms with Crippen LogP contribution in [-0.2, 0) is 0 Å². The summed E-state index contributed by atoms with van der Waals surface area (Å²) in [5, 5.41) is 0. The number of nitrogens with zero attached hydrogens (tertiary/aromatic N) is 2. The van der Waals surface area contributed by atoms with Crippen molar-refractivity contribution < 1.29 is 0 Å². The van der Waals surface area contributed by atoms with Crippen LogP contribution in [0.5, 0.6) is 0 Å². The Morgan fingerprint density at radius 2 is 1.45 bits per heavy atom. The number of aliphatic imine (C=N–C) groups is 2. The molecule has 2 rings (SSSR count). The van der Waals surface area contributed by atoms with E-state index in [-0.39, 0.29) is 0 Å². The average Bonchev–Trinajstić information content (AvgIpc) is 2.60. The van der Waals surface area contributed by atoms with E-state index in [0.717, 1.165) is 19.5 Å². The molecular formula is C9H14N2. The molecule has 0 saturated heterocycles. The molecule has 0 aliphatic carbocycles. The van der Waals surface area contributed by atoms with E-state index in [9.17, 15) is 0 Å². The van der Waals surface area contributed by atoms with Crippen LogP contribution >= 0.6 is 0 Å². The lowest BCUT2D eigenvalue weighted by molar-refractivity contribution is 0.947. The van der Waals surface area contributed by atoms with Gasteiger partial charge in [0.05, 0.1) is 0 Å². The molecule has 0 unspecified atom stereocenters. The van der Waals surface area contributed by atoms with Crippen LogP contribution in [0.3, 0.4) is 0 Å². The van der Waals surface area contributed by atoms with Crippen molar-refractivity contribution in [3.05, 3.63) is 0 Å². The molecule has 2 heteroatoms. The highest BCUT2D eigenvalue weighted by molar-refractivity contribution is 6.05. The summed E-state index contributed by atoms with van der Waals surface area (Å²) in [6.07, 6.45) is 6.06. The first-order valence-corrected chi connectivity index (χ1v) is 4.49. The van der Waals surface area contributed by atoms with Gasteiger partial charge in [-0.1, -0.05) is 0 Å². The Hall–Kier alpha value is -0.660. The fourth-order valence-corrected chi connectivity index (χ4v) is 1.72. The molecule has 60 valence electrons. The molecule has 0 spiro atoms. The fourth-order valence-electron chi connectivity index (χ4n) is 1.72.